The number of ether oxygens (including phenoxy) is 1. The summed E-state index contributed by atoms with van der Waals surface area (Å²) in [6, 6.07) is 0. The van der Waals surface area contributed by atoms with Crippen LogP contribution in [0.25, 0.3) is 0 Å². The number of rotatable bonds is 4. The second-order valence-corrected chi connectivity index (χ2v) is 1.35. The van der Waals surface area contributed by atoms with Gasteiger partial charge in [-0.15, -0.1) is 12.3 Å². The summed E-state index contributed by atoms with van der Waals surface area (Å²) >= 11 is 0. The van der Waals surface area contributed by atoms with Gasteiger partial charge in [-0.3, -0.25) is 0 Å². The fraction of sp³-hybridized carbons (Fsp3) is 0.429. The minimum Gasteiger partial charge on any atom is -0.376 e. The minimum atomic E-state index is 0.311. The Balaban J connectivity index is 2.93. The molecule has 0 aromatic rings. The number of hydrogen-bond acceptors (Lipinski definition) is 2. The molecule has 0 amide bonds. The Bertz CT molecular complexity index is 137. The maximum atomic E-state index is 9.54. The van der Waals surface area contributed by atoms with Crippen LogP contribution in [0.5, 0.6) is 0 Å². The molecule has 0 aliphatic carbocycles. The molecule has 0 fully saturated rings. The third kappa shape index (κ3) is 6.97. The van der Waals surface area contributed by atoms with Crippen molar-refractivity contribution in [3.63, 3.8) is 0 Å². The van der Waals surface area contributed by atoms with Crippen molar-refractivity contribution in [1.82, 2.24) is 0 Å². The Labute approximate surface area is 54.5 Å². The van der Waals surface area contributed by atoms with E-state index in [1.165, 1.54) is 6.08 Å². The van der Waals surface area contributed by atoms with E-state index in [1.807, 2.05) is 0 Å². The largest absolute Gasteiger partial charge is 0.376 e. The molecule has 0 saturated carbocycles. The fourth-order valence-corrected chi connectivity index (χ4v) is 0.307. The van der Waals surface area contributed by atoms with E-state index in [0.717, 1.165) is 0 Å². The highest BCUT2D eigenvalue weighted by Crippen LogP contribution is 1.78. The highest BCUT2D eigenvalue weighted by molar-refractivity contribution is 5.44. The maximum absolute atomic E-state index is 9.54. The Kier molecular flexibility index (Phi) is 6.17. The van der Waals surface area contributed by atoms with Crippen molar-refractivity contribution in [2.45, 2.75) is 6.42 Å². The fourth-order valence-electron chi connectivity index (χ4n) is 0.307. The first kappa shape index (κ1) is 7.97. The van der Waals surface area contributed by atoms with Crippen molar-refractivity contribution in [1.29, 1.82) is 0 Å². The molecule has 48 valence electrons. The summed E-state index contributed by atoms with van der Waals surface area (Å²) in [6.45, 7) is 0.819. The Hall–Kier alpha value is -1.03. The van der Waals surface area contributed by atoms with Crippen molar-refractivity contribution in [2.24, 2.45) is 0 Å². The molecule has 9 heavy (non-hydrogen) atoms. The van der Waals surface area contributed by atoms with Gasteiger partial charge in [-0.05, 0) is 0 Å². The molecule has 0 N–H and O–H groups in total. The second kappa shape index (κ2) is 6.97. The van der Waals surface area contributed by atoms with Crippen molar-refractivity contribution < 1.29 is 9.53 Å². The van der Waals surface area contributed by atoms with E-state index < -0.39 is 0 Å². The van der Waals surface area contributed by atoms with Crippen LogP contribution in [0.15, 0.2) is 6.08 Å². The quantitative estimate of drug-likeness (QED) is 0.308. The maximum Gasteiger partial charge on any atom is 0.122 e. The molecule has 0 aromatic heterocycles. The number of hydrogen-bond donors (Lipinski definition) is 0. The molecular formula is C7H8O2. The third-order valence-electron chi connectivity index (χ3n) is 0.675. The third-order valence-corrected chi connectivity index (χ3v) is 0.675. The predicted octanol–water partition coefficient (Wildman–Crippen LogP) is 0.414. The molecule has 0 aliphatic rings. The molecule has 2 nitrogen and oxygen atoms in total. The smallest absolute Gasteiger partial charge is 0.122 e. The highest BCUT2D eigenvalue weighted by atomic mass is 16.5. The first-order valence-corrected chi connectivity index (χ1v) is 2.62. The topological polar surface area (TPSA) is 26.3 Å². The number of terminal acetylenes is 1. The Morgan fingerprint density at radius 2 is 2.44 bits per heavy atom. The van der Waals surface area contributed by atoms with Crippen molar-refractivity contribution in [2.75, 3.05) is 13.2 Å². The summed E-state index contributed by atoms with van der Waals surface area (Å²) in [6.07, 6.45) is 6.79. The molecular weight excluding hydrogens is 116 g/mol. The van der Waals surface area contributed by atoms with E-state index >= 15 is 0 Å². The van der Waals surface area contributed by atoms with Gasteiger partial charge in [0.2, 0.25) is 0 Å². The van der Waals surface area contributed by atoms with Gasteiger partial charge in [0.25, 0.3) is 0 Å². The van der Waals surface area contributed by atoms with Gasteiger partial charge < -0.3 is 4.74 Å². The Morgan fingerprint density at radius 1 is 1.67 bits per heavy atom. The van der Waals surface area contributed by atoms with Crippen molar-refractivity contribution in [3.8, 4) is 12.3 Å². The average molecular weight is 124 g/mol. The summed E-state index contributed by atoms with van der Waals surface area (Å²) in [5.41, 5.74) is 0. The van der Waals surface area contributed by atoms with Gasteiger partial charge in [0, 0.05) is 12.5 Å². The summed E-state index contributed by atoms with van der Waals surface area (Å²) in [4.78, 5) is 9.54. The molecule has 0 aliphatic heterocycles. The van der Waals surface area contributed by atoms with Crippen LogP contribution < -0.4 is 0 Å². The van der Waals surface area contributed by atoms with E-state index in [4.69, 9.17) is 11.2 Å². The minimum absolute atomic E-state index is 0.311. The molecule has 0 spiro atoms. The monoisotopic (exact) mass is 124 g/mol. The zero-order chi connectivity index (χ0) is 6.95. The molecule has 0 unspecified atom stereocenters. The first-order chi connectivity index (χ1) is 4.41. The summed E-state index contributed by atoms with van der Waals surface area (Å²) in [7, 11) is 0. The molecule has 0 rings (SSSR count). The van der Waals surface area contributed by atoms with Gasteiger partial charge in [0.1, 0.15) is 5.94 Å². The first-order valence-electron chi connectivity index (χ1n) is 2.62. The van der Waals surface area contributed by atoms with Gasteiger partial charge in [-0.2, -0.15) is 0 Å². The normalized spacial score (nSPS) is 7.44. The van der Waals surface area contributed by atoms with Crippen LogP contribution in [0.1, 0.15) is 6.42 Å². The van der Waals surface area contributed by atoms with Crippen LogP contribution in [0.2, 0.25) is 0 Å². The summed E-state index contributed by atoms with van der Waals surface area (Å²) in [5, 5.41) is 0. The predicted molar refractivity (Wildman–Crippen MR) is 34.5 cm³/mol. The van der Waals surface area contributed by atoms with Crippen molar-refractivity contribution >= 4 is 5.94 Å². The van der Waals surface area contributed by atoms with E-state index in [2.05, 4.69) is 5.92 Å². The molecule has 0 aromatic carbocycles. The second-order valence-electron chi connectivity index (χ2n) is 1.35. The molecule has 0 saturated heterocycles. The standard InChI is InChI=1S/C7H8O2/c1-2-3-6-9-7-4-5-8/h1,4H,3,6-7H2. The summed E-state index contributed by atoms with van der Waals surface area (Å²) in [5.74, 6) is 4.00. The van der Waals surface area contributed by atoms with Crippen LogP contribution in [0, 0.1) is 12.3 Å². The van der Waals surface area contributed by atoms with Gasteiger partial charge >= 0.3 is 0 Å². The van der Waals surface area contributed by atoms with Gasteiger partial charge in [-0.1, -0.05) is 0 Å². The van der Waals surface area contributed by atoms with Crippen LogP contribution in [0.3, 0.4) is 0 Å². The van der Waals surface area contributed by atoms with E-state index in [0.29, 0.717) is 19.6 Å². The molecule has 2 heteroatoms. The lowest BCUT2D eigenvalue weighted by atomic mass is 10.5. The summed E-state index contributed by atoms with van der Waals surface area (Å²) < 4.78 is 4.85. The molecule has 0 heterocycles. The Morgan fingerprint density at radius 3 is 3.00 bits per heavy atom. The van der Waals surface area contributed by atoms with Crippen LogP contribution in [-0.4, -0.2) is 19.2 Å². The SMILES string of the molecule is C#CCCOCC=C=O. The lowest BCUT2D eigenvalue weighted by Gasteiger charge is -1.91. The zero-order valence-electron chi connectivity index (χ0n) is 5.09. The van der Waals surface area contributed by atoms with Gasteiger partial charge in [0.15, 0.2) is 0 Å². The van der Waals surface area contributed by atoms with Crippen molar-refractivity contribution in [3.05, 3.63) is 6.08 Å². The highest BCUT2D eigenvalue weighted by Gasteiger charge is 1.79. The van der Waals surface area contributed by atoms with Crippen LogP contribution in [0.4, 0.5) is 0 Å². The lowest BCUT2D eigenvalue weighted by molar-refractivity contribution is 0.169. The number of carbonyl (C=O) groups excluding carboxylic acids is 1. The van der Waals surface area contributed by atoms with Gasteiger partial charge in [-0.25, -0.2) is 4.79 Å². The van der Waals surface area contributed by atoms with Crippen LogP contribution in [-0.2, 0) is 9.53 Å². The van der Waals surface area contributed by atoms with E-state index in [-0.39, 0.29) is 0 Å². The molecule has 0 bridgehead atoms. The molecule has 0 atom stereocenters. The van der Waals surface area contributed by atoms with Crippen LogP contribution >= 0.6 is 0 Å². The average Bonchev–Trinajstić information content (AvgIpc) is 1.89. The lowest BCUT2D eigenvalue weighted by Crippen LogP contribution is -1.92. The van der Waals surface area contributed by atoms with E-state index in [9.17, 15) is 4.79 Å². The molecule has 0 radical (unpaired) electrons. The zero-order valence-corrected chi connectivity index (χ0v) is 5.09. The van der Waals surface area contributed by atoms with Gasteiger partial charge in [0.05, 0.1) is 13.2 Å². The van der Waals surface area contributed by atoms with E-state index in [1.54, 1.807) is 5.94 Å².